The second kappa shape index (κ2) is 9.12. The number of nitrogens with one attached hydrogen (secondary N) is 2. The molecule has 0 spiro atoms. The smallest absolute Gasteiger partial charge is 0.308 e. The van der Waals surface area contributed by atoms with Crippen LogP contribution in [0.3, 0.4) is 0 Å². The first-order valence-corrected chi connectivity index (χ1v) is 11.4. The maximum atomic E-state index is 12.7. The van der Waals surface area contributed by atoms with Crippen LogP contribution in [0, 0.1) is 0 Å². The van der Waals surface area contributed by atoms with Crippen LogP contribution in [-0.2, 0) is 11.8 Å². The van der Waals surface area contributed by atoms with E-state index in [0.717, 1.165) is 5.56 Å². The number of amides is 2. The monoisotopic (exact) mass is 482 g/mol. The number of Topliss-reactive ketones (excluding diaryl/α,β-unsaturated/α-hetero) is 1. The zero-order valence-corrected chi connectivity index (χ0v) is 20.1. The van der Waals surface area contributed by atoms with Gasteiger partial charge in [-0.05, 0) is 47.1 Å². The van der Waals surface area contributed by atoms with Crippen LogP contribution in [0.4, 0.5) is 16.4 Å². The number of nitrogens with zero attached hydrogens (tertiary/aromatic N) is 2. The number of anilines is 2. The molecular weight excluding hydrogens is 459 g/mol. The lowest BCUT2D eigenvalue weighted by Crippen LogP contribution is -2.24. The highest BCUT2D eigenvalue weighted by Crippen LogP contribution is 2.33. The second-order valence-electron chi connectivity index (χ2n) is 9.16. The van der Waals surface area contributed by atoms with E-state index in [9.17, 15) is 9.59 Å². The molecule has 0 bridgehead atoms. The largest absolute Gasteiger partial charge is 0.326 e. The summed E-state index contributed by atoms with van der Waals surface area (Å²) < 4.78 is 0. The Morgan fingerprint density at radius 1 is 1.00 bits per heavy atom. The van der Waals surface area contributed by atoms with Crippen LogP contribution in [0.15, 0.2) is 48.7 Å². The Morgan fingerprint density at radius 3 is 2.39 bits per heavy atom. The molecule has 1 aliphatic rings. The predicted octanol–water partition coefficient (Wildman–Crippen LogP) is 6.64. The zero-order chi connectivity index (χ0) is 23.8. The first-order valence-electron chi connectivity index (χ1n) is 10.6. The summed E-state index contributed by atoms with van der Waals surface area (Å²) in [6, 6.07) is 12.7. The van der Waals surface area contributed by atoms with Crippen molar-refractivity contribution in [2.24, 2.45) is 0 Å². The lowest BCUT2D eigenvalue weighted by molar-refractivity contribution is 0.0962. The Labute approximate surface area is 202 Å². The fourth-order valence-electron chi connectivity index (χ4n) is 3.83. The van der Waals surface area contributed by atoms with Crippen LogP contribution in [-0.4, -0.2) is 21.8 Å². The summed E-state index contributed by atoms with van der Waals surface area (Å²) in [4.78, 5) is 33.7. The molecule has 8 heteroatoms. The molecule has 2 amide bonds. The number of benzene rings is 2. The van der Waals surface area contributed by atoms with E-state index in [2.05, 4.69) is 65.6 Å². The summed E-state index contributed by atoms with van der Waals surface area (Å²) >= 11 is 11.9. The molecule has 6 nitrogen and oxygen atoms in total. The van der Waals surface area contributed by atoms with E-state index in [1.54, 1.807) is 18.2 Å². The van der Waals surface area contributed by atoms with Crippen molar-refractivity contribution in [3.05, 3.63) is 81.1 Å². The van der Waals surface area contributed by atoms with Gasteiger partial charge in [0, 0.05) is 18.3 Å². The number of carbonyl (C=O) groups excluding carboxylic acids is 2. The van der Waals surface area contributed by atoms with Gasteiger partial charge in [0.2, 0.25) is 5.95 Å². The molecule has 0 aliphatic heterocycles. The normalized spacial score (nSPS) is 15.7. The van der Waals surface area contributed by atoms with Crippen LogP contribution in [0.25, 0.3) is 0 Å². The second-order valence-corrected chi connectivity index (χ2v) is 9.98. The molecule has 2 aromatic carbocycles. The molecular formula is C25H24Cl2N4O2. The van der Waals surface area contributed by atoms with Crippen LogP contribution in [0.1, 0.15) is 60.3 Å². The van der Waals surface area contributed by atoms with Gasteiger partial charge in [-0.3, -0.25) is 10.1 Å². The average Bonchev–Trinajstić information content (AvgIpc) is 2.75. The number of rotatable bonds is 3. The number of carbonyl (C=O) groups is 2. The predicted molar refractivity (Wildman–Crippen MR) is 132 cm³/mol. The van der Waals surface area contributed by atoms with Crippen molar-refractivity contribution in [2.45, 2.75) is 44.9 Å². The van der Waals surface area contributed by atoms with Gasteiger partial charge in [-0.2, -0.15) is 0 Å². The van der Waals surface area contributed by atoms with E-state index in [1.165, 1.54) is 11.8 Å². The number of hydrogen-bond donors (Lipinski definition) is 2. The molecule has 0 fully saturated rings. The molecule has 170 valence electrons. The van der Waals surface area contributed by atoms with E-state index in [-0.39, 0.29) is 23.1 Å². The van der Waals surface area contributed by atoms with E-state index < -0.39 is 6.03 Å². The minimum atomic E-state index is -0.523. The molecule has 1 atom stereocenters. The van der Waals surface area contributed by atoms with E-state index in [1.807, 2.05) is 0 Å². The van der Waals surface area contributed by atoms with Gasteiger partial charge < -0.3 is 5.32 Å². The molecule has 2 N–H and O–H groups in total. The Bertz CT molecular complexity index is 1220. The van der Waals surface area contributed by atoms with Crippen molar-refractivity contribution in [1.82, 2.24) is 9.97 Å². The molecule has 1 heterocycles. The number of hydrogen-bond acceptors (Lipinski definition) is 4. The van der Waals surface area contributed by atoms with Gasteiger partial charge in [-0.15, -0.1) is 0 Å². The summed E-state index contributed by atoms with van der Waals surface area (Å²) in [7, 11) is 0. The number of halogens is 2. The van der Waals surface area contributed by atoms with E-state index >= 15 is 0 Å². The minimum absolute atomic E-state index is 0.00737. The van der Waals surface area contributed by atoms with Gasteiger partial charge in [-0.1, -0.05) is 68.2 Å². The third-order valence-corrected chi connectivity index (χ3v) is 6.43. The fourth-order valence-corrected chi connectivity index (χ4v) is 4.13. The molecule has 0 unspecified atom stereocenters. The van der Waals surface area contributed by atoms with Crippen molar-refractivity contribution >= 4 is 46.7 Å². The molecule has 33 heavy (non-hydrogen) atoms. The third kappa shape index (κ3) is 5.34. The topological polar surface area (TPSA) is 84.0 Å². The van der Waals surface area contributed by atoms with E-state index in [4.69, 9.17) is 23.2 Å². The van der Waals surface area contributed by atoms with Crippen molar-refractivity contribution in [3.8, 4) is 0 Å². The van der Waals surface area contributed by atoms with Gasteiger partial charge in [0.25, 0.3) is 0 Å². The summed E-state index contributed by atoms with van der Waals surface area (Å²) in [5.74, 6) is 0.169. The molecule has 3 aromatic rings. The number of aromatic nitrogens is 2. The molecule has 0 saturated carbocycles. The highest BCUT2D eigenvalue weighted by atomic mass is 35.5. The number of fused-ring (bicyclic) bond motifs is 1. The van der Waals surface area contributed by atoms with Crippen molar-refractivity contribution < 1.29 is 9.59 Å². The van der Waals surface area contributed by atoms with Gasteiger partial charge >= 0.3 is 6.03 Å². The van der Waals surface area contributed by atoms with Gasteiger partial charge in [-0.25, -0.2) is 14.8 Å². The highest BCUT2D eigenvalue weighted by molar-refractivity contribution is 6.42. The average molecular weight is 483 g/mol. The molecule has 0 radical (unpaired) electrons. The Balaban J connectivity index is 1.49. The molecule has 0 saturated heterocycles. The quantitative estimate of drug-likeness (QED) is 0.438. The fraction of sp³-hybridized carbons (Fsp3) is 0.280. The lowest BCUT2D eigenvalue weighted by atomic mass is 9.80. The molecule has 4 rings (SSSR count). The Morgan fingerprint density at radius 2 is 1.73 bits per heavy atom. The first-order chi connectivity index (χ1) is 15.6. The Kier molecular flexibility index (Phi) is 6.41. The van der Waals surface area contributed by atoms with Crippen LogP contribution in [0.5, 0.6) is 0 Å². The highest BCUT2D eigenvalue weighted by Gasteiger charge is 2.28. The summed E-state index contributed by atoms with van der Waals surface area (Å²) in [5, 5.41) is 6.00. The van der Waals surface area contributed by atoms with Gasteiger partial charge in [0.05, 0.1) is 21.3 Å². The number of urea groups is 1. The van der Waals surface area contributed by atoms with Gasteiger partial charge in [0.1, 0.15) is 0 Å². The SMILES string of the molecule is CC(C)(C)c1ccc([C@@H]2CC(=O)c3cnc(NC(=O)Nc4ccc(Cl)c(Cl)c4)nc3C2)cc1. The first kappa shape index (κ1) is 23.2. The van der Waals surface area contributed by atoms with Crippen molar-refractivity contribution in [2.75, 3.05) is 10.6 Å². The summed E-state index contributed by atoms with van der Waals surface area (Å²) in [6.45, 7) is 6.52. The number of ketones is 1. The van der Waals surface area contributed by atoms with Gasteiger partial charge in [0.15, 0.2) is 5.78 Å². The van der Waals surface area contributed by atoms with E-state index in [0.29, 0.717) is 39.8 Å². The molecule has 1 aromatic heterocycles. The minimum Gasteiger partial charge on any atom is -0.308 e. The standard InChI is InChI=1S/C25H24Cl2N4O2/c1-25(2,3)16-6-4-14(5-7-16)15-10-21-18(22(32)11-15)13-28-23(30-21)31-24(33)29-17-8-9-19(26)20(27)12-17/h4-9,12-13,15H,10-11H2,1-3H3,(H2,28,29,30,31,33)/t15-/m0/s1. The zero-order valence-electron chi connectivity index (χ0n) is 18.6. The summed E-state index contributed by atoms with van der Waals surface area (Å²) in [6.07, 6.45) is 2.50. The molecule has 1 aliphatic carbocycles. The van der Waals surface area contributed by atoms with Crippen LogP contribution in [0.2, 0.25) is 10.0 Å². The third-order valence-electron chi connectivity index (χ3n) is 5.69. The van der Waals surface area contributed by atoms with Crippen molar-refractivity contribution in [1.29, 1.82) is 0 Å². The van der Waals surface area contributed by atoms with Crippen LogP contribution >= 0.6 is 23.2 Å². The Hall–Kier alpha value is -2.96. The maximum Gasteiger partial charge on any atom is 0.326 e. The summed E-state index contributed by atoms with van der Waals surface area (Å²) in [5.41, 5.74) is 4.04. The maximum absolute atomic E-state index is 12.7. The lowest BCUT2D eigenvalue weighted by Gasteiger charge is -2.25. The van der Waals surface area contributed by atoms with Crippen molar-refractivity contribution in [3.63, 3.8) is 0 Å². The van der Waals surface area contributed by atoms with Crippen LogP contribution < -0.4 is 10.6 Å².